The van der Waals surface area contributed by atoms with E-state index in [0.717, 1.165) is 11.1 Å². The number of carboxylic acid groups (broad SMARTS) is 2. The van der Waals surface area contributed by atoms with E-state index in [2.05, 4.69) is 0 Å². The molecule has 0 aliphatic rings. The summed E-state index contributed by atoms with van der Waals surface area (Å²) in [5.41, 5.74) is -0.133. The largest absolute Gasteiger partial charge is 0.480 e. The molecule has 19 heavy (non-hydrogen) atoms. The van der Waals surface area contributed by atoms with Crippen LogP contribution in [0.3, 0.4) is 0 Å². The third-order valence-electron chi connectivity index (χ3n) is 3.30. The third kappa shape index (κ3) is 3.53. The molecule has 104 valence electrons. The van der Waals surface area contributed by atoms with Crippen LogP contribution in [0.1, 0.15) is 24.0 Å². The van der Waals surface area contributed by atoms with Crippen LogP contribution in [0.15, 0.2) is 24.3 Å². The van der Waals surface area contributed by atoms with Gasteiger partial charge in [-0.1, -0.05) is 29.8 Å². The number of rotatable bonds is 7. The van der Waals surface area contributed by atoms with Gasteiger partial charge in [-0.25, -0.2) is 0 Å². The number of benzene rings is 1. The van der Waals surface area contributed by atoms with Crippen LogP contribution in [0.2, 0.25) is 0 Å². The van der Waals surface area contributed by atoms with Crippen LogP contribution in [0.4, 0.5) is 4.39 Å². The van der Waals surface area contributed by atoms with Crippen LogP contribution in [-0.4, -0.2) is 28.8 Å². The van der Waals surface area contributed by atoms with Gasteiger partial charge in [-0.15, -0.1) is 0 Å². The Labute approximate surface area is 110 Å². The zero-order valence-electron chi connectivity index (χ0n) is 10.7. The van der Waals surface area contributed by atoms with E-state index in [1.54, 1.807) is 0 Å². The SMILES string of the molecule is Cc1ccc(CCC(CC[18F])(C(=O)O)C(=O)O)cc1. The minimum absolute atomic E-state index is 0.120. The van der Waals surface area contributed by atoms with Crippen molar-refractivity contribution in [3.63, 3.8) is 0 Å². The maximum absolute atomic E-state index is 12.5. The van der Waals surface area contributed by atoms with Crippen LogP contribution in [0.25, 0.3) is 0 Å². The summed E-state index contributed by atoms with van der Waals surface area (Å²) in [5, 5.41) is 18.2. The van der Waals surface area contributed by atoms with Crippen molar-refractivity contribution < 1.29 is 24.2 Å². The Morgan fingerprint density at radius 2 is 1.63 bits per heavy atom. The number of carboxylic acids is 2. The molecule has 5 heteroatoms. The number of carbonyl (C=O) groups is 2. The minimum Gasteiger partial charge on any atom is -0.480 e. The average molecular weight is 267 g/mol. The molecule has 0 atom stereocenters. The molecule has 0 spiro atoms. The van der Waals surface area contributed by atoms with Crippen LogP contribution in [0, 0.1) is 12.3 Å². The topological polar surface area (TPSA) is 74.6 Å². The summed E-state index contributed by atoms with van der Waals surface area (Å²) < 4.78 is 12.5. The number of hydrogen-bond donors (Lipinski definition) is 2. The van der Waals surface area contributed by atoms with Gasteiger partial charge in [-0.05, 0) is 25.3 Å². The Hall–Kier alpha value is -1.91. The van der Waals surface area contributed by atoms with E-state index >= 15 is 0 Å². The minimum atomic E-state index is -2.04. The highest BCUT2D eigenvalue weighted by Crippen LogP contribution is 2.30. The Bertz CT molecular complexity index is 439. The van der Waals surface area contributed by atoms with Gasteiger partial charge in [-0.2, -0.15) is 0 Å². The van der Waals surface area contributed by atoms with Gasteiger partial charge in [0.1, 0.15) is 0 Å². The summed E-state index contributed by atoms with van der Waals surface area (Å²) in [6.45, 7) is 0.957. The van der Waals surface area contributed by atoms with Crippen molar-refractivity contribution in [1.29, 1.82) is 0 Å². The van der Waals surface area contributed by atoms with Crippen LogP contribution >= 0.6 is 0 Å². The van der Waals surface area contributed by atoms with Crippen molar-refractivity contribution in [3.05, 3.63) is 35.4 Å². The zero-order chi connectivity index (χ0) is 14.5. The highest BCUT2D eigenvalue weighted by atomic mass is 18.2. The van der Waals surface area contributed by atoms with Crippen molar-refractivity contribution >= 4 is 11.9 Å². The monoisotopic (exact) mass is 267 g/mol. The van der Waals surface area contributed by atoms with Gasteiger partial charge in [0.2, 0.25) is 0 Å². The summed E-state index contributed by atoms with van der Waals surface area (Å²) in [4.78, 5) is 22.4. The fourth-order valence-electron chi connectivity index (χ4n) is 1.92. The van der Waals surface area contributed by atoms with Gasteiger partial charge < -0.3 is 10.2 Å². The first-order chi connectivity index (χ1) is 8.92. The first-order valence-corrected chi connectivity index (χ1v) is 6.00. The van der Waals surface area contributed by atoms with Crippen molar-refractivity contribution in [2.45, 2.75) is 26.2 Å². The van der Waals surface area contributed by atoms with Gasteiger partial charge in [0.25, 0.3) is 0 Å². The fraction of sp³-hybridized carbons (Fsp3) is 0.429. The van der Waals surface area contributed by atoms with Gasteiger partial charge in [0.15, 0.2) is 5.41 Å². The maximum atomic E-state index is 12.5. The van der Waals surface area contributed by atoms with Crippen LogP contribution in [-0.2, 0) is 16.0 Å². The van der Waals surface area contributed by atoms with E-state index in [4.69, 9.17) is 10.2 Å². The molecular formula is C14H17FO4. The summed E-state index contributed by atoms with van der Waals surface area (Å²) >= 11 is 0. The fourth-order valence-corrected chi connectivity index (χ4v) is 1.92. The predicted octanol–water partition coefficient (Wildman–Crippen LogP) is 2.44. The van der Waals surface area contributed by atoms with E-state index in [-0.39, 0.29) is 6.42 Å². The number of aliphatic carboxylic acids is 2. The molecule has 0 unspecified atom stereocenters. The molecule has 1 aromatic carbocycles. The lowest BCUT2D eigenvalue weighted by Gasteiger charge is -2.23. The van der Waals surface area contributed by atoms with E-state index in [0.29, 0.717) is 6.42 Å². The van der Waals surface area contributed by atoms with E-state index in [1.807, 2.05) is 31.2 Å². The highest BCUT2D eigenvalue weighted by Gasteiger charge is 2.45. The molecular weight excluding hydrogens is 250 g/mol. The Balaban J connectivity index is 2.86. The molecule has 1 rings (SSSR count). The zero-order valence-corrected chi connectivity index (χ0v) is 10.7. The third-order valence-corrected chi connectivity index (χ3v) is 3.30. The molecule has 2 N–H and O–H groups in total. The van der Waals surface area contributed by atoms with Crippen molar-refractivity contribution in [2.24, 2.45) is 5.41 Å². The first-order valence-electron chi connectivity index (χ1n) is 6.00. The molecule has 0 amide bonds. The molecule has 1 aromatic rings. The molecule has 0 aliphatic heterocycles. The molecule has 0 aromatic heterocycles. The molecule has 0 heterocycles. The summed E-state index contributed by atoms with van der Waals surface area (Å²) in [7, 11) is 0. The maximum Gasteiger partial charge on any atom is 0.321 e. The molecule has 0 saturated carbocycles. The Kier molecular flexibility index (Phi) is 5.03. The highest BCUT2D eigenvalue weighted by molar-refractivity contribution is 5.98. The Morgan fingerprint density at radius 1 is 1.11 bits per heavy atom. The lowest BCUT2D eigenvalue weighted by atomic mass is 9.79. The molecule has 0 saturated heterocycles. The summed E-state index contributed by atoms with van der Waals surface area (Å²) in [6.07, 6.45) is -0.340. The smallest absolute Gasteiger partial charge is 0.321 e. The van der Waals surface area contributed by atoms with Crippen LogP contribution < -0.4 is 0 Å². The molecule has 0 fully saturated rings. The lowest BCUT2D eigenvalue weighted by molar-refractivity contribution is -0.166. The standard InChI is InChI=1S/C14H17FO4/c1-10-2-4-11(5-3-10)6-7-14(8-9-15,12(16)17)13(18)19/h2-5H,6-9H2,1H3,(H,16,17)(H,18,19)/i15-1. The molecule has 4 nitrogen and oxygen atoms in total. The first kappa shape index (κ1) is 15.1. The van der Waals surface area contributed by atoms with Gasteiger partial charge in [-0.3, -0.25) is 14.0 Å². The van der Waals surface area contributed by atoms with Gasteiger partial charge in [0, 0.05) is 6.42 Å². The second-order valence-electron chi connectivity index (χ2n) is 4.62. The van der Waals surface area contributed by atoms with E-state index in [1.165, 1.54) is 0 Å². The quantitative estimate of drug-likeness (QED) is 0.744. The average Bonchev–Trinajstić information content (AvgIpc) is 2.35. The number of hydrogen-bond acceptors (Lipinski definition) is 2. The van der Waals surface area contributed by atoms with Gasteiger partial charge >= 0.3 is 11.9 Å². The number of alkyl halides is 1. The van der Waals surface area contributed by atoms with Crippen molar-refractivity contribution in [3.8, 4) is 0 Å². The molecule has 0 radical (unpaired) electrons. The summed E-state index contributed by atoms with van der Waals surface area (Å²) in [6, 6.07) is 7.37. The van der Waals surface area contributed by atoms with E-state index < -0.39 is 30.4 Å². The van der Waals surface area contributed by atoms with E-state index in [9.17, 15) is 14.0 Å². The second kappa shape index (κ2) is 6.31. The molecule has 0 aliphatic carbocycles. The molecule has 0 bridgehead atoms. The predicted molar refractivity (Wildman–Crippen MR) is 67.8 cm³/mol. The number of aryl methyl sites for hydroxylation is 2. The normalized spacial score (nSPS) is 11.3. The lowest BCUT2D eigenvalue weighted by Crippen LogP contribution is -2.40. The van der Waals surface area contributed by atoms with Crippen molar-refractivity contribution in [1.82, 2.24) is 0 Å². The second-order valence-corrected chi connectivity index (χ2v) is 4.62. The number of halogens is 1. The van der Waals surface area contributed by atoms with Crippen LogP contribution in [0.5, 0.6) is 0 Å². The van der Waals surface area contributed by atoms with Gasteiger partial charge in [0.05, 0.1) is 6.67 Å². The Morgan fingerprint density at radius 3 is 2.05 bits per heavy atom. The summed E-state index contributed by atoms with van der Waals surface area (Å²) in [5.74, 6) is -2.96. The van der Waals surface area contributed by atoms with Crippen molar-refractivity contribution in [2.75, 3.05) is 6.67 Å².